The van der Waals surface area contributed by atoms with Crippen molar-refractivity contribution >= 4 is 13.7 Å². The van der Waals surface area contributed by atoms with Crippen LogP contribution < -0.4 is 5.32 Å². The van der Waals surface area contributed by atoms with E-state index in [-0.39, 0.29) is 19.1 Å². The van der Waals surface area contributed by atoms with Crippen molar-refractivity contribution in [3.8, 4) is 0 Å². The molecule has 8 nitrogen and oxygen atoms in total. The number of amides is 1. The van der Waals surface area contributed by atoms with Gasteiger partial charge in [0.05, 0.1) is 39.9 Å². The normalized spacial score (nSPS) is 14.7. The topological polar surface area (TPSA) is 105 Å². The standard InChI is InChI=1S/C52H97N2O6P/c1-6-8-10-12-14-16-18-20-22-23-24-25-26-27-28-29-30-31-32-34-36-38-40-42-44-46-52(56)53-50(49-60-61(57,58)59-48-47-54(3,4)5)51(55)45-43-41-39-37-35-33-21-19-17-15-13-11-9-7-2/h8,10,14,16,20,22,24-25,27-28,50-51,55H,6-7,9,11-13,15,17-19,21,23,26,29-49H2,1-5H3,(H-,53,56,57,58)/p+1/b10-8-,16-14-,22-20-,25-24-,28-27-. The second kappa shape index (κ2) is 43.5. The Morgan fingerprint density at radius 2 is 0.984 bits per heavy atom. The van der Waals surface area contributed by atoms with Crippen LogP contribution in [0.5, 0.6) is 0 Å². The first kappa shape index (κ1) is 59.2. The number of hydrogen-bond acceptors (Lipinski definition) is 5. The van der Waals surface area contributed by atoms with E-state index in [2.05, 4.69) is 79.9 Å². The highest BCUT2D eigenvalue weighted by Crippen LogP contribution is 2.43. The molecule has 0 aliphatic heterocycles. The zero-order chi connectivity index (χ0) is 45.0. The summed E-state index contributed by atoms with van der Waals surface area (Å²) < 4.78 is 23.7. The van der Waals surface area contributed by atoms with Gasteiger partial charge in [0.25, 0.3) is 0 Å². The molecule has 9 heteroatoms. The lowest BCUT2D eigenvalue weighted by Gasteiger charge is -2.26. The van der Waals surface area contributed by atoms with Gasteiger partial charge in [-0.3, -0.25) is 13.8 Å². The number of allylic oxidation sites excluding steroid dienone is 10. The van der Waals surface area contributed by atoms with E-state index >= 15 is 0 Å². The summed E-state index contributed by atoms with van der Waals surface area (Å²) in [6.07, 6.45) is 56.8. The van der Waals surface area contributed by atoms with Crippen molar-refractivity contribution in [1.29, 1.82) is 0 Å². The summed E-state index contributed by atoms with van der Waals surface area (Å²) in [5, 5.41) is 14.0. The molecule has 0 aromatic heterocycles. The summed E-state index contributed by atoms with van der Waals surface area (Å²) in [5.74, 6) is -0.153. The molecule has 3 N–H and O–H groups in total. The Hall–Kier alpha value is -1.80. The van der Waals surface area contributed by atoms with Gasteiger partial charge in [0.15, 0.2) is 0 Å². The first-order chi connectivity index (χ1) is 29.5. The second-order valence-electron chi connectivity index (χ2n) is 18.2. The van der Waals surface area contributed by atoms with Crippen molar-refractivity contribution < 1.29 is 32.9 Å². The Kier molecular flexibility index (Phi) is 42.2. The van der Waals surface area contributed by atoms with Crippen molar-refractivity contribution in [1.82, 2.24) is 5.32 Å². The maximum Gasteiger partial charge on any atom is 0.472 e. The van der Waals surface area contributed by atoms with Gasteiger partial charge in [0.1, 0.15) is 13.2 Å². The van der Waals surface area contributed by atoms with E-state index in [4.69, 9.17) is 9.05 Å². The lowest BCUT2D eigenvalue weighted by molar-refractivity contribution is -0.870. The lowest BCUT2D eigenvalue weighted by Crippen LogP contribution is -2.46. The summed E-state index contributed by atoms with van der Waals surface area (Å²) in [5.41, 5.74) is 0. The fraction of sp³-hybridized carbons (Fsp3) is 0.788. The Morgan fingerprint density at radius 3 is 1.44 bits per heavy atom. The second-order valence-corrected chi connectivity index (χ2v) is 19.6. The minimum atomic E-state index is -4.32. The average Bonchev–Trinajstić information content (AvgIpc) is 3.21. The summed E-state index contributed by atoms with van der Waals surface area (Å²) in [7, 11) is 1.61. The number of aliphatic hydroxyl groups excluding tert-OH is 1. The highest BCUT2D eigenvalue weighted by atomic mass is 31.2. The van der Waals surface area contributed by atoms with Crippen LogP contribution in [-0.2, 0) is 18.4 Å². The van der Waals surface area contributed by atoms with Crippen LogP contribution >= 0.6 is 7.82 Å². The average molecular weight is 878 g/mol. The third-order valence-corrected chi connectivity index (χ3v) is 12.0. The van der Waals surface area contributed by atoms with Crippen LogP contribution in [0.3, 0.4) is 0 Å². The summed E-state index contributed by atoms with van der Waals surface area (Å²) >= 11 is 0. The first-order valence-corrected chi connectivity index (χ1v) is 26.6. The molecule has 0 aliphatic carbocycles. The molecule has 3 unspecified atom stereocenters. The molecule has 356 valence electrons. The van der Waals surface area contributed by atoms with Crippen molar-refractivity contribution in [2.75, 3.05) is 40.9 Å². The Labute approximate surface area is 377 Å². The molecular weight excluding hydrogens is 780 g/mol. The van der Waals surface area contributed by atoms with Gasteiger partial charge < -0.3 is 19.8 Å². The van der Waals surface area contributed by atoms with Crippen molar-refractivity contribution in [2.24, 2.45) is 0 Å². The van der Waals surface area contributed by atoms with Gasteiger partial charge in [0.2, 0.25) is 5.91 Å². The van der Waals surface area contributed by atoms with Crippen LogP contribution in [-0.4, -0.2) is 73.4 Å². The Balaban J connectivity index is 4.25. The molecule has 0 saturated carbocycles. The molecule has 0 bridgehead atoms. The molecule has 3 atom stereocenters. The monoisotopic (exact) mass is 878 g/mol. The third kappa shape index (κ3) is 46.0. The van der Waals surface area contributed by atoms with E-state index in [0.29, 0.717) is 23.9 Å². The maximum atomic E-state index is 12.9. The minimum absolute atomic E-state index is 0.0711. The van der Waals surface area contributed by atoms with Crippen LogP contribution in [0.1, 0.15) is 213 Å². The quantitative estimate of drug-likeness (QED) is 0.0244. The van der Waals surface area contributed by atoms with E-state index in [1.807, 2.05) is 21.1 Å². The SMILES string of the molecule is CC/C=C\C/C=C\C/C=C\C/C=C\C/C=C\CCCCCCCCCCCC(=O)NC(COP(=O)(O)OCC[N+](C)(C)C)C(O)CCCCCCCCCCCCCCCC. The summed E-state index contributed by atoms with van der Waals surface area (Å²) in [6, 6.07) is -0.766. The van der Waals surface area contributed by atoms with Crippen LogP contribution in [0.25, 0.3) is 0 Å². The van der Waals surface area contributed by atoms with E-state index in [9.17, 15) is 19.4 Å². The molecule has 61 heavy (non-hydrogen) atoms. The molecule has 1 amide bonds. The number of phosphoric acid groups is 1. The third-order valence-electron chi connectivity index (χ3n) is 11.0. The van der Waals surface area contributed by atoms with Gasteiger partial charge in [-0.2, -0.15) is 0 Å². The van der Waals surface area contributed by atoms with E-state index in [1.54, 1.807) is 0 Å². The number of hydrogen-bond donors (Lipinski definition) is 3. The van der Waals surface area contributed by atoms with Crippen molar-refractivity contribution in [2.45, 2.75) is 225 Å². The number of carbonyl (C=O) groups is 1. The van der Waals surface area contributed by atoms with Crippen LogP contribution in [0, 0.1) is 0 Å². The Bertz CT molecular complexity index is 1180. The molecule has 0 radical (unpaired) electrons. The van der Waals surface area contributed by atoms with Gasteiger partial charge >= 0.3 is 7.82 Å². The highest BCUT2D eigenvalue weighted by molar-refractivity contribution is 7.47. The number of aliphatic hydroxyl groups is 1. The van der Waals surface area contributed by atoms with Gasteiger partial charge in [-0.1, -0.05) is 209 Å². The zero-order valence-corrected chi connectivity index (χ0v) is 41.3. The predicted molar refractivity (Wildman–Crippen MR) is 263 cm³/mol. The van der Waals surface area contributed by atoms with E-state index < -0.39 is 20.0 Å². The molecule has 0 fully saturated rings. The van der Waals surface area contributed by atoms with Crippen molar-refractivity contribution in [3.05, 3.63) is 60.8 Å². The number of nitrogens with one attached hydrogen (secondary N) is 1. The fourth-order valence-electron chi connectivity index (χ4n) is 7.07. The van der Waals surface area contributed by atoms with Gasteiger partial charge in [-0.15, -0.1) is 0 Å². The highest BCUT2D eigenvalue weighted by Gasteiger charge is 2.28. The zero-order valence-electron chi connectivity index (χ0n) is 40.4. The first-order valence-electron chi connectivity index (χ1n) is 25.2. The van der Waals surface area contributed by atoms with Crippen molar-refractivity contribution in [3.63, 3.8) is 0 Å². The smallest absolute Gasteiger partial charge is 0.391 e. The molecule has 0 aromatic carbocycles. The predicted octanol–water partition coefficient (Wildman–Crippen LogP) is 14.6. The van der Waals surface area contributed by atoms with Gasteiger partial charge in [-0.05, 0) is 57.8 Å². The van der Waals surface area contributed by atoms with Crippen LogP contribution in [0.2, 0.25) is 0 Å². The number of carbonyl (C=O) groups excluding carboxylic acids is 1. The maximum absolute atomic E-state index is 12.9. The molecule has 0 spiro atoms. The summed E-state index contributed by atoms with van der Waals surface area (Å²) in [4.78, 5) is 23.2. The van der Waals surface area contributed by atoms with Crippen LogP contribution in [0.4, 0.5) is 0 Å². The molecule has 0 saturated heterocycles. The number of phosphoric ester groups is 1. The Morgan fingerprint density at radius 1 is 0.574 bits per heavy atom. The molecule has 0 heterocycles. The molecular formula is C52H98N2O6P+. The number of unbranched alkanes of at least 4 members (excludes halogenated alkanes) is 22. The largest absolute Gasteiger partial charge is 0.472 e. The molecule has 0 rings (SSSR count). The lowest BCUT2D eigenvalue weighted by atomic mass is 10.0. The van der Waals surface area contributed by atoms with E-state index in [1.165, 1.54) is 109 Å². The van der Waals surface area contributed by atoms with Gasteiger partial charge in [-0.25, -0.2) is 4.57 Å². The number of likely N-dealkylation sites (N-methyl/N-ethyl adjacent to an activating group) is 1. The van der Waals surface area contributed by atoms with E-state index in [0.717, 1.165) is 77.0 Å². The number of nitrogens with zero attached hydrogens (tertiary/aromatic N) is 1. The minimum Gasteiger partial charge on any atom is -0.391 e. The summed E-state index contributed by atoms with van der Waals surface area (Å²) in [6.45, 7) is 4.77. The number of quaternary nitrogens is 1. The number of rotatable bonds is 45. The molecule has 0 aliphatic rings. The van der Waals surface area contributed by atoms with Crippen LogP contribution in [0.15, 0.2) is 60.8 Å². The fourth-order valence-corrected chi connectivity index (χ4v) is 7.81. The van der Waals surface area contributed by atoms with Gasteiger partial charge in [0, 0.05) is 6.42 Å². The molecule has 0 aromatic rings.